The fourth-order valence-corrected chi connectivity index (χ4v) is 2.76. The zero-order valence-electron chi connectivity index (χ0n) is 8.89. The molecule has 0 radical (unpaired) electrons. The summed E-state index contributed by atoms with van der Waals surface area (Å²) in [6.45, 7) is 1.61. The third-order valence-electron chi connectivity index (χ3n) is 3.05. The molecule has 1 aromatic heterocycles. The van der Waals surface area contributed by atoms with Crippen molar-refractivity contribution in [3.63, 3.8) is 0 Å². The molecule has 0 bridgehead atoms. The standard InChI is InChI=1S/C12H18O2S/c13-12(11-2-1-6-14-8-11)4-3-10-5-7-15-9-10/h5,7,9,11-13H,1-4,6,8H2. The second kappa shape index (κ2) is 5.64. The van der Waals surface area contributed by atoms with Gasteiger partial charge in [0, 0.05) is 12.5 Å². The zero-order valence-corrected chi connectivity index (χ0v) is 9.71. The average Bonchev–Trinajstić information content (AvgIpc) is 2.80. The molecule has 2 unspecified atom stereocenters. The van der Waals surface area contributed by atoms with Crippen LogP contribution < -0.4 is 0 Å². The molecule has 1 aliphatic rings. The molecule has 0 amide bonds. The maximum absolute atomic E-state index is 10.00. The maximum atomic E-state index is 10.00. The SMILES string of the molecule is OC(CCc1ccsc1)C1CCCOC1. The van der Waals surface area contributed by atoms with E-state index in [2.05, 4.69) is 16.8 Å². The van der Waals surface area contributed by atoms with Crippen molar-refractivity contribution >= 4 is 11.3 Å². The highest BCUT2D eigenvalue weighted by atomic mass is 32.1. The lowest BCUT2D eigenvalue weighted by Gasteiger charge is -2.26. The van der Waals surface area contributed by atoms with E-state index in [1.165, 1.54) is 5.56 Å². The Morgan fingerprint density at radius 2 is 2.53 bits per heavy atom. The van der Waals surface area contributed by atoms with Crippen molar-refractivity contribution in [3.05, 3.63) is 22.4 Å². The van der Waals surface area contributed by atoms with E-state index >= 15 is 0 Å². The Morgan fingerprint density at radius 1 is 1.60 bits per heavy atom. The Kier molecular flexibility index (Phi) is 4.18. The van der Waals surface area contributed by atoms with Crippen molar-refractivity contribution < 1.29 is 9.84 Å². The highest BCUT2D eigenvalue weighted by molar-refractivity contribution is 7.07. The number of hydrogen-bond acceptors (Lipinski definition) is 3. The Hall–Kier alpha value is -0.380. The molecule has 3 heteroatoms. The van der Waals surface area contributed by atoms with Crippen molar-refractivity contribution in [2.75, 3.05) is 13.2 Å². The molecule has 2 rings (SSSR count). The summed E-state index contributed by atoms with van der Waals surface area (Å²) in [5.41, 5.74) is 1.34. The van der Waals surface area contributed by atoms with Crippen LogP contribution in [0, 0.1) is 5.92 Å². The normalized spacial score (nSPS) is 23.9. The molecule has 2 nitrogen and oxygen atoms in total. The van der Waals surface area contributed by atoms with Gasteiger partial charge in [-0.2, -0.15) is 11.3 Å². The summed E-state index contributed by atoms with van der Waals surface area (Å²) >= 11 is 1.72. The summed E-state index contributed by atoms with van der Waals surface area (Å²) in [7, 11) is 0. The highest BCUT2D eigenvalue weighted by Gasteiger charge is 2.21. The van der Waals surface area contributed by atoms with Gasteiger partial charge in [-0.25, -0.2) is 0 Å². The quantitative estimate of drug-likeness (QED) is 0.854. The van der Waals surface area contributed by atoms with Crippen molar-refractivity contribution in [2.45, 2.75) is 31.8 Å². The van der Waals surface area contributed by atoms with Crippen LogP contribution in [0.1, 0.15) is 24.8 Å². The smallest absolute Gasteiger partial charge is 0.0593 e. The van der Waals surface area contributed by atoms with Crippen LogP contribution in [0.5, 0.6) is 0 Å². The van der Waals surface area contributed by atoms with E-state index in [0.29, 0.717) is 5.92 Å². The lowest BCUT2D eigenvalue weighted by Crippen LogP contribution is -2.29. The van der Waals surface area contributed by atoms with E-state index < -0.39 is 0 Å². The predicted octanol–water partition coefficient (Wildman–Crippen LogP) is 2.47. The lowest BCUT2D eigenvalue weighted by atomic mass is 9.92. The van der Waals surface area contributed by atoms with Crippen molar-refractivity contribution in [1.29, 1.82) is 0 Å². The summed E-state index contributed by atoms with van der Waals surface area (Å²) in [5, 5.41) is 14.2. The molecule has 0 spiro atoms. The van der Waals surface area contributed by atoms with Crippen molar-refractivity contribution in [3.8, 4) is 0 Å². The molecule has 84 valence electrons. The van der Waals surface area contributed by atoms with E-state index in [1.54, 1.807) is 11.3 Å². The molecule has 1 aliphatic heterocycles. The molecule has 0 aliphatic carbocycles. The fourth-order valence-electron chi connectivity index (χ4n) is 2.05. The topological polar surface area (TPSA) is 29.5 Å². The minimum absolute atomic E-state index is 0.190. The predicted molar refractivity (Wildman–Crippen MR) is 62.2 cm³/mol. The van der Waals surface area contributed by atoms with Crippen LogP contribution in [0.2, 0.25) is 0 Å². The van der Waals surface area contributed by atoms with Gasteiger partial charge >= 0.3 is 0 Å². The van der Waals surface area contributed by atoms with Gasteiger partial charge in [-0.3, -0.25) is 0 Å². The molecule has 0 aromatic carbocycles. The van der Waals surface area contributed by atoms with E-state index in [9.17, 15) is 5.11 Å². The second-order valence-electron chi connectivity index (χ2n) is 4.21. The number of hydrogen-bond donors (Lipinski definition) is 1. The van der Waals surface area contributed by atoms with Gasteiger partial charge in [0.15, 0.2) is 0 Å². The summed E-state index contributed by atoms with van der Waals surface area (Å²) < 4.78 is 5.38. The zero-order chi connectivity index (χ0) is 10.5. The first-order valence-electron chi connectivity index (χ1n) is 5.63. The van der Waals surface area contributed by atoms with Gasteiger partial charge in [0.25, 0.3) is 0 Å². The van der Waals surface area contributed by atoms with Gasteiger partial charge < -0.3 is 9.84 Å². The number of aryl methyl sites for hydroxylation is 1. The third-order valence-corrected chi connectivity index (χ3v) is 3.78. The van der Waals surface area contributed by atoms with E-state index in [4.69, 9.17) is 4.74 Å². The Balaban J connectivity index is 1.74. The Labute approximate surface area is 94.9 Å². The van der Waals surface area contributed by atoms with Crippen LogP contribution in [-0.2, 0) is 11.2 Å². The van der Waals surface area contributed by atoms with Crippen LogP contribution in [0.15, 0.2) is 16.8 Å². The monoisotopic (exact) mass is 226 g/mol. The molecule has 1 fully saturated rings. The summed E-state index contributed by atoms with van der Waals surface area (Å²) in [6.07, 6.45) is 3.88. The fraction of sp³-hybridized carbons (Fsp3) is 0.667. The molecule has 0 saturated carbocycles. The van der Waals surface area contributed by atoms with Gasteiger partial charge in [0.1, 0.15) is 0 Å². The van der Waals surface area contributed by atoms with Gasteiger partial charge in [-0.05, 0) is 48.1 Å². The summed E-state index contributed by atoms with van der Waals surface area (Å²) in [5.74, 6) is 0.359. The maximum Gasteiger partial charge on any atom is 0.0593 e. The van der Waals surface area contributed by atoms with E-state index in [0.717, 1.165) is 38.9 Å². The number of ether oxygens (including phenoxy) is 1. The molecular weight excluding hydrogens is 208 g/mol. The van der Waals surface area contributed by atoms with E-state index in [1.807, 2.05) is 0 Å². The molecular formula is C12H18O2S. The molecule has 1 N–H and O–H groups in total. The van der Waals surface area contributed by atoms with E-state index in [-0.39, 0.29) is 6.10 Å². The van der Waals surface area contributed by atoms with Gasteiger partial charge in [0.05, 0.1) is 12.7 Å². The highest BCUT2D eigenvalue weighted by Crippen LogP contribution is 2.21. The van der Waals surface area contributed by atoms with Crippen molar-refractivity contribution in [2.24, 2.45) is 5.92 Å². The Morgan fingerprint density at radius 3 is 3.20 bits per heavy atom. The van der Waals surface area contributed by atoms with Gasteiger partial charge in [-0.1, -0.05) is 0 Å². The number of aliphatic hydroxyl groups is 1. The lowest BCUT2D eigenvalue weighted by molar-refractivity contribution is -0.0116. The first kappa shape index (κ1) is 11.1. The van der Waals surface area contributed by atoms with Gasteiger partial charge in [0.2, 0.25) is 0 Å². The van der Waals surface area contributed by atoms with Crippen molar-refractivity contribution in [1.82, 2.24) is 0 Å². The van der Waals surface area contributed by atoms with Crippen LogP contribution in [-0.4, -0.2) is 24.4 Å². The van der Waals surface area contributed by atoms with Crippen LogP contribution in [0.4, 0.5) is 0 Å². The first-order valence-corrected chi connectivity index (χ1v) is 6.57. The van der Waals surface area contributed by atoms with Crippen LogP contribution in [0.25, 0.3) is 0 Å². The minimum Gasteiger partial charge on any atom is -0.393 e. The van der Waals surface area contributed by atoms with Gasteiger partial charge in [-0.15, -0.1) is 0 Å². The summed E-state index contributed by atoms with van der Waals surface area (Å²) in [4.78, 5) is 0. The molecule has 2 atom stereocenters. The molecule has 2 heterocycles. The minimum atomic E-state index is -0.190. The second-order valence-corrected chi connectivity index (χ2v) is 4.99. The summed E-state index contributed by atoms with van der Waals surface area (Å²) in [6, 6.07) is 2.13. The average molecular weight is 226 g/mol. The van der Waals surface area contributed by atoms with Crippen LogP contribution in [0.3, 0.4) is 0 Å². The molecule has 1 saturated heterocycles. The number of aliphatic hydroxyl groups excluding tert-OH is 1. The van der Waals surface area contributed by atoms with Crippen LogP contribution >= 0.6 is 11.3 Å². The number of rotatable bonds is 4. The third kappa shape index (κ3) is 3.30. The molecule has 15 heavy (non-hydrogen) atoms. The first-order chi connectivity index (χ1) is 7.36. The largest absolute Gasteiger partial charge is 0.393 e. The number of thiophene rings is 1. The Bertz CT molecular complexity index is 265. The molecule has 1 aromatic rings.